The molecular weight excluding hydrogens is 328 g/mol. The van der Waals surface area contributed by atoms with Gasteiger partial charge in [0.25, 0.3) is 0 Å². The lowest BCUT2D eigenvalue weighted by Gasteiger charge is -2.44. The summed E-state index contributed by atoms with van der Waals surface area (Å²) >= 11 is 0. The molecule has 2 unspecified atom stereocenters. The van der Waals surface area contributed by atoms with Crippen molar-refractivity contribution in [2.45, 2.75) is 72.1 Å². The van der Waals surface area contributed by atoms with Gasteiger partial charge in [-0.15, -0.1) is 0 Å². The summed E-state index contributed by atoms with van der Waals surface area (Å²) in [5, 5.41) is 10.9. The highest BCUT2D eigenvalue weighted by Crippen LogP contribution is 2.41. The van der Waals surface area contributed by atoms with Crippen LogP contribution in [0.5, 0.6) is 0 Å². The zero-order valence-electron chi connectivity index (χ0n) is 17.2. The Morgan fingerprint density at radius 2 is 1.64 bits per heavy atom. The summed E-state index contributed by atoms with van der Waals surface area (Å²) in [6.07, 6.45) is 2.65. The molecule has 25 heavy (non-hydrogen) atoms. The van der Waals surface area contributed by atoms with Gasteiger partial charge in [0.15, 0.2) is 14.6 Å². The molecule has 0 saturated heterocycles. The fourth-order valence-electron chi connectivity index (χ4n) is 2.15. The van der Waals surface area contributed by atoms with E-state index in [0.29, 0.717) is 6.61 Å². The zero-order valence-corrected chi connectivity index (χ0v) is 18.2. The highest BCUT2D eigenvalue weighted by molar-refractivity contribution is 6.74. The second kappa shape index (κ2) is 8.63. The summed E-state index contributed by atoms with van der Waals surface area (Å²) in [6.45, 7) is 17.6. The van der Waals surface area contributed by atoms with Crippen molar-refractivity contribution < 1.29 is 14.3 Å². The van der Waals surface area contributed by atoms with E-state index in [4.69, 9.17) is 9.16 Å². The lowest BCUT2D eigenvalue weighted by Crippen LogP contribution is -2.51. The first-order valence-corrected chi connectivity index (χ1v) is 12.0. The molecule has 0 aliphatic rings. The molecule has 0 aromatic heterocycles. The van der Waals surface area contributed by atoms with Crippen molar-refractivity contribution in [1.82, 2.24) is 0 Å². The van der Waals surface area contributed by atoms with Crippen LogP contribution in [-0.4, -0.2) is 32.4 Å². The maximum absolute atomic E-state index is 10.8. The van der Waals surface area contributed by atoms with Crippen molar-refractivity contribution in [3.05, 3.63) is 42.0 Å². The van der Waals surface area contributed by atoms with Crippen LogP contribution in [0.2, 0.25) is 18.1 Å². The van der Waals surface area contributed by atoms with Crippen molar-refractivity contribution >= 4 is 14.4 Å². The third-order valence-electron chi connectivity index (χ3n) is 5.17. The number of aliphatic hydroxyl groups is 1. The molecule has 0 fully saturated rings. The highest BCUT2D eigenvalue weighted by Gasteiger charge is 2.45. The lowest BCUT2D eigenvalue weighted by molar-refractivity contribution is -0.175. The number of hydrogen-bond acceptors (Lipinski definition) is 3. The summed E-state index contributed by atoms with van der Waals surface area (Å²) in [7, 11) is -2.01. The molecule has 0 heterocycles. The third kappa shape index (κ3) is 6.06. The van der Waals surface area contributed by atoms with E-state index in [2.05, 4.69) is 33.9 Å². The van der Waals surface area contributed by atoms with Gasteiger partial charge in [-0.3, -0.25) is 0 Å². The number of rotatable bonds is 8. The van der Waals surface area contributed by atoms with Crippen LogP contribution < -0.4 is 0 Å². The summed E-state index contributed by atoms with van der Waals surface area (Å²) in [5.74, 6) is 0. The molecule has 0 amide bonds. The Morgan fingerprint density at radius 3 is 2.12 bits per heavy atom. The average molecular weight is 365 g/mol. The van der Waals surface area contributed by atoms with Crippen LogP contribution in [0.4, 0.5) is 0 Å². The molecule has 0 aliphatic heterocycles. The van der Waals surface area contributed by atoms with E-state index in [1.807, 2.05) is 63.3 Å². The molecule has 1 N–H and O–H groups in total. The summed E-state index contributed by atoms with van der Waals surface area (Å²) in [4.78, 5) is 0. The Kier molecular flexibility index (Phi) is 7.63. The molecule has 0 spiro atoms. The molecule has 0 saturated carbocycles. The first-order valence-electron chi connectivity index (χ1n) is 9.12. The van der Waals surface area contributed by atoms with E-state index in [1.165, 1.54) is 0 Å². The zero-order chi connectivity index (χ0) is 19.3. The van der Waals surface area contributed by atoms with Crippen LogP contribution >= 0.6 is 0 Å². The molecule has 1 rings (SSSR count). The predicted molar refractivity (Wildman–Crippen MR) is 109 cm³/mol. The van der Waals surface area contributed by atoms with E-state index in [1.54, 1.807) is 0 Å². The molecule has 2 atom stereocenters. The minimum Gasteiger partial charge on any atom is -0.392 e. The summed E-state index contributed by atoms with van der Waals surface area (Å²) in [5.41, 5.74) is 0.507. The van der Waals surface area contributed by atoms with E-state index in [-0.39, 0.29) is 5.04 Å². The van der Waals surface area contributed by atoms with E-state index < -0.39 is 26.1 Å². The van der Waals surface area contributed by atoms with Gasteiger partial charge in [0.05, 0.1) is 6.10 Å². The molecule has 0 radical (unpaired) electrons. The average Bonchev–Trinajstić information content (AvgIpc) is 2.51. The van der Waals surface area contributed by atoms with Crippen LogP contribution in [0.3, 0.4) is 0 Å². The molecule has 0 aliphatic carbocycles. The number of aliphatic hydroxyl groups excluding tert-OH is 1. The minimum absolute atomic E-state index is 0.0866. The lowest BCUT2D eigenvalue weighted by atomic mass is 9.85. The van der Waals surface area contributed by atoms with Gasteiger partial charge >= 0.3 is 0 Å². The van der Waals surface area contributed by atoms with Crippen molar-refractivity contribution in [3.63, 3.8) is 0 Å². The monoisotopic (exact) mass is 364 g/mol. The molecule has 4 heteroatoms. The minimum atomic E-state index is -2.01. The Bertz CT molecular complexity index is 544. The maximum Gasteiger partial charge on any atom is 0.195 e. The number of hydrogen-bond donors (Lipinski definition) is 1. The SMILES string of the molecule is CCOC(O[Si](C)(C)C(C)(C)C)C(C)(C)C(O)/C=C/c1ccccc1. The van der Waals surface area contributed by atoms with Gasteiger partial charge in [0.2, 0.25) is 0 Å². The van der Waals surface area contributed by atoms with Gasteiger partial charge in [-0.1, -0.05) is 77.1 Å². The Labute approximate surface area is 155 Å². The molecule has 3 nitrogen and oxygen atoms in total. The smallest absolute Gasteiger partial charge is 0.195 e. The second-order valence-corrected chi connectivity index (χ2v) is 13.5. The molecular formula is C21H36O3Si. The second-order valence-electron chi connectivity index (χ2n) is 8.70. The molecule has 1 aromatic rings. The topological polar surface area (TPSA) is 38.7 Å². The van der Waals surface area contributed by atoms with Crippen molar-refractivity contribution in [2.75, 3.05) is 6.61 Å². The van der Waals surface area contributed by atoms with E-state index in [0.717, 1.165) is 5.56 Å². The van der Waals surface area contributed by atoms with Gasteiger partial charge in [-0.25, -0.2) is 0 Å². The van der Waals surface area contributed by atoms with Crippen LogP contribution in [0.1, 0.15) is 47.1 Å². The number of benzene rings is 1. The normalized spacial score (nSPS) is 16.2. The van der Waals surface area contributed by atoms with Gasteiger partial charge < -0.3 is 14.3 Å². The number of ether oxygens (including phenoxy) is 1. The van der Waals surface area contributed by atoms with Crippen LogP contribution in [0.25, 0.3) is 6.08 Å². The predicted octanol–water partition coefficient (Wildman–Crippen LogP) is 5.47. The molecule has 142 valence electrons. The van der Waals surface area contributed by atoms with Crippen LogP contribution in [0, 0.1) is 5.41 Å². The van der Waals surface area contributed by atoms with Gasteiger partial charge in [0, 0.05) is 12.0 Å². The maximum atomic E-state index is 10.8. The molecule has 0 bridgehead atoms. The van der Waals surface area contributed by atoms with Gasteiger partial charge in [0.1, 0.15) is 0 Å². The Hall–Kier alpha value is -0.943. The first-order chi connectivity index (χ1) is 11.4. The first kappa shape index (κ1) is 22.1. The van der Waals surface area contributed by atoms with Crippen LogP contribution in [0.15, 0.2) is 36.4 Å². The quantitative estimate of drug-likeness (QED) is 0.491. The highest BCUT2D eigenvalue weighted by atomic mass is 28.4. The van der Waals surface area contributed by atoms with Gasteiger partial charge in [-0.05, 0) is 30.6 Å². The van der Waals surface area contributed by atoms with E-state index >= 15 is 0 Å². The standard InChI is InChI=1S/C21H36O3Si/c1-9-23-19(24-25(7,8)20(2,3)4)21(5,6)18(22)16-15-17-13-11-10-12-14-17/h10-16,18-19,22H,9H2,1-8H3/b16-15+. The summed E-state index contributed by atoms with van der Waals surface area (Å²) in [6, 6.07) is 9.99. The largest absolute Gasteiger partial charge is 0.392 e. The van der Waals surface area contributed by atoms with Crippen molar-refractivity contribution in [1.29, 1.82) is 0 Å². The van der Waals surface area contributed by atoms with Crippen LogP contribution in [-0.2, 0) is 9.16 Å². The Morgan fingerprint density at radius 1 is 1.08 bits per heavy atom. The fraction of sp³-hybridized carbons (Fsp3) is 0.619. The van der Waals surface area contributed by atoms with E-state index in [9.17, 15) is 5.11 Å². The molecule has 1 aromatic carbocycles. The Balaban J connectivity index is 2.97. The van der Waals surface area contributed by atoms with Gasteiger partial charge in [-0.2, -0.15) is 0 Å². The fourth-order valence-corrected chi connectivity index (χ4v) is 3.41. The third-order valence-corrected chi connectivity index (χ3v) is 9.58. The summed E-state index contributed by atoms with van der Waals surface area (Å²) < 4.78 is 12.4. The van der Waals surface area contributed by atoms with Crippen molar-refractivity contribution in [3.8, 4) is 0 Å². The van der Waals surface area contributed by atoms with Crippen molar-refractivity contribution in [2.24, 2.45) is 5.41 Å².